The number of methoxy groups -OCH3 is 1. The smallest absolute Gasteiger partial charge is 0.323 e. The van der Waals surface area contributed by atoms with Crippen LogP contribution >= 0.6 is 11.6 Å². The predicted octanol–water partition coefficient (Wildman–Crippen LogP) is 4.98. The average Bonchev–Trinajstić information content (AvgIpc) is 2.63. The Labute approximate surface area is 152 Å². The third-order valence-corrected chi connectivity index (χ3v) is 4.49. The number of carbonyl (C=O) groups excluding carboxylic acids is 1. The minimum absolute atomic E-state index is 0.341. The van der Waals surface area contributed by atoms with Gasteiger partial charge in [0.05, 0.1) is 12.8 Å². The SMILES string of the molecule is COc1ccc(Cl)cc1NC(=O)Nc1ccc(N2CCCCC2)cc1. The lowest BCUT2D eigenvalue weighted by atomic mass is 10.1. The molecule has 0 spiro atoms. The predicted molar refractivity (Wildman–Crippen MR) is 103 cm³/mol. The number of nitrogens with one attached hydrogen (secondary N) is 2. The van der Waals surface area contributed by atoms with Gasteiger partial charge in [0.1, 0.15) is 5.75 Å². The van der Waals surface area contributed by atoms with Crippen LogP contribution in [0.1, 0.15) is 19.3 Å². The van der Waals surface area contributed by atoms with Gasteiger partial charge >= 0.3 is 6.03 Å². The van der Waals surface area contributed by atoms with Gasteiger partial charge in [0, 0.05) is 29.5 Å². The summed E-state index contributed by atoms with van der Waals surface area (Å²) in [6, 6.07) is 12.7. The van der Waals surface area contributed by atoms with Crippen LogP contribution in [-0.4, -0.2) is 26.2 Å². The maximum absolute atomic E-state index is 12.2. The van der Waals surface area contributed by atoms with Crippen molar-refractivity contribution in [2.24, 2.45) is 0 Å². The van der Waals surface area contributed by atoms with E-state index >= 15 is 0 Å². The minimum Gasteiger partial charge on any atom is -0.495 e. The molecule has 132 valence electrons. The molecule has 1 aliphatic rings. The fraction of sp³-hybridized carbons (Fsp3) is 0.316. The molecule has 0 aromatic heterocycles. The summed E-state index contributed by atoms with van der Waals surface area (Å²) in [4.78, 5) is 14.6. The Balaban J connectivity index is 1.62. The number of hydrogen-bond donors (Lipinski definition) is 2. The van der Waals surface area contributed by atoms with Crippen LogP contribution in [0.25, 0.3) is 0 Å². The first-order valence-electron chi connectivity index (χ1n) is 8.42. The third-order valence-electron chi connectivity index (χ3n) is 4.26. The molecule has 0 bridgehead atoms. The maximum Gasteiger partial charge on any atom is 0.323 e. The van der Waals surface area contributed by atoms with Crippen molar-refractivity contribution in [2.45, 2.75) is 19.3 Å². The number of nitrogens with zero attached hydrogens (tertiary/aromatic N) is 1. The molecule has 1 fully saturated rings. The molecule has 0 radical (unpaired) electrons. The van der Waals surface area contributed by atoms with E-state index in [1.165, 1.54) is 24.9 Å². The number of piperidine rings is 1. The molecule has 0 unspecified atom stereocenters. The zero-order valence-electron chi connectivity index (χ0n) is 14.2. The Bertz CT molecular complexity index is 728. The summed E-state index contributed by atoms with van der Waals surface area (Å²) < 4.78 is 5.23. The molecule has 25 heavy (non-hydrogen) atoms. The first-order valence-corrected chi connectivity index (χ1v) is 8.80. The number of anilines is 3. The van der Waals surface area contributed by atoms with Crippen LogP contribution in [0.15, 0.2) is 42.5 Å². The number of carbonyl (C=O) groups is 1. The second-order valence-corrected chi connectivity index (χ2v) is 6.45. The monoisotopic (exact) mass is 359 g/mol. The van der Waals surface area contributed by atoms with E-state index in [1.807, 2.05) is 24.3 Å². The van der Waals surface area contributed by atoms with E-state index in [0.29, 0.717) is 16.5 Å². The number of hydrogen-bond acceptors (Lipinski definition) is 3. The van der Waals surface area contributed by atoms with Crippen LogP contribution in [0.3, 0.4) is 0 Å². The molecule has 2 amide bonds. The van der Waals surface area contributed by atoms with Crippen LogP contribution < -0.4 is 20.3 Å². The zero-order chi connectivity index (χ0) is 17.6. The summed E-state index contributed by atoms with van der Waals surface area (Å²) >= 11 is 5.98. The van der Waals surface area contributed by atoms with Gasteiger partial charge in [-0.05, 0) is 61.7 Å². The largest absolute Gasteiger partial charge is 0.495 e. The summed E-state index contributed by atoms with van der Waals surface area (Å²) in [7, 11) is 1.55. The topological polar surface area (TPSA) is 53.6 Å². The molecule has 1 saturated heterocycles. The van der Waals surface area contributed by atoms with Crippen molar-refractivity contribution in [3.63, 3.8) is 0 Å². The molecule has 2 aromatic carbocycles. The Hall–Kier alpha value is -2.40. The van der Waals surface area contributed by atoms with Gasteiger partial charge < -0.3 is 20.3 Å². The fourth-order valence-electron chi connectivity index (χ4n) is 2.97. The summed E-state index contributed by atoms with van der Waals surface area (Å²) in [5.74, 6) is 0.556. The quantitative estimate of drug-likeness (QED) is 0.809. The van der Waals surface area contributed by atoms with Crippen molar-refractivity contribution in [2.75, 3.05) is 35.7 Å². The minimum atomic E-state index is -0.341. The average molecular weight is 360 g/mol. The highest BCUT2D eigenvalue weighted by Gasteiger charge is 2.12. The van der Waals surface area contributed by atoms with Crippen LogP contribution in [0.4, 0.5) is 21.9 Å². The number of ether oxygens (including phenoxy) is 1. The number of amides is 2. The molecule has 2 aromatic rings. The van der Waals surface area contributed by atoms with Gasteiger partial charge in [-0.2, -0.15) is 0 Å². The fourth-order valence-corrected chi connectivity index (χ4v) is 3.14. The van der Waals surface area contributed by atoms with Crippen LogP contribution in [0, 0.1) is 0 Å². The molecular weight excluding hydrogens is 338 g/mol. The lowest BCUT2D eigenvalue weighted by Gasteiger charge is -2.28. The van der Waals surface area contributed by atoms with Gasteiger partial charge in [-0.1, -0.05) is 11.6 Å². The van der Waals surface area contributed by atoms with Crippen molar-refractivity contribution in [3.8, 4) is 5.75 Å². The summed E-state index contributed by atoms with van der Waals surface area (Å²) in [5.41, 5.74) is 2.46. The third kappa shape index (κ3) is 4.57. The van der Waals surface area contributed by atoms with E-state index in [4.69, 9.17) is 16.3 Å². The van der Waals surface area contributed by atoms with Crippen molar-refractivity contribution >= 4 is 34.7 Å². The summed E-state index contributed by atoms with van der Waals surface area (Å²) in [6.07, 6.45) is 3.79. The summed E-state index contributed by atoms with van der Waals surface area (Å²) in [5, 5.41) is 6.11. The van der Waals surface area contributed by atoms with Crippen molar-refractivity contribution in [1.29, 1.82) is 0 Å². The molecule has 6 heteroatoms. The Morgan fingerprint density at radius 2 is 1.76 bits per heavy atom. The lowest BCUT2D eigenvalue weighted by molar-refractivity contribution is 0.262. The number of halogens is 1. The lowest BCUT2D eigenvalue weighted by Crippen LogP contribution is -2.29. The zero-order valence-corrected chi connectivity index (χ0v) is 15.0. The van der Waals surface area contributed by atoms with Gasteiger partial charge in [0.15, 0.2) is 0 Å². The Morgan fingerprint density at radius 3 is 2.44 bits per heavy atom. The van der Waals surface area contributed by atoms with E-state index in [2.05, 4.69) is 15.5 Å². The number of urea groups is 1. The maximum atomic E-state index is 12.2. The van der Waals surface area contributed by atoms with E-state index in [0.717, 1.165) is 18.8 Å². The second kappa shape index (κ2) is 8.12. The first kappa shape index (κ1) is 17.4. The number of rotatable bonds is 4. The van der Waals surface area contributed by atoms with Crippen LogP contribution in [0.2, 0.25) is 5.02 Å². The molecule has 3 rings (SSSR count). The van der Waals surface area contributed by atoms with Crippen molar-refractivity contribution in [3.05, 3.63) is 47.5 Å². The summed E-state index contributed by atoms with van der Waals surface area (Å²) in [6.45, 7) is 2.20. The van der Waals surface area contributed by atoms with Crippen LogP contribution in [-0.2, 0) is 0 Å². The Morgan fingerprint density at radius 1 is 1.04 bits per heavy atom. The van der Waals surface area contributed by atoms with Crippen molar-refractivity contribution in [1.82, 2.24) is 0 Å². The van der Waals surface area contributed by atoms with Gasteiger partial charge in [-0.3, -0.25) is 0 Å². The highest BCUT2D eigenvalue weighted by Crippen LogP contribution is 2.28. The number of benzene rings is 2. The van der Waals surface area contributed by atoms with Crippen LogP contribution in [0.5, 0.6) is 5.75 Å². The molecule has 2 N–H and O–H groups in total. The van der Waals surface area contributed by atoms with Gasteiger partial charge in [-0.25, -0.2) is 4.79 Å². The molecule has 0 saturated carbocycles. The van der Waals surface area contributed by atoms with Gasteiger partial charge in [0.2, 0.25) is 0 Å². The normalized spacial score (nSPS) is 14.1. The molecule has 0 aliphatic carbocycles. The van der Waals surface area contributed by atoms with Gasteiger partial charge in [0.25, 0.3) is 0 Å². The Kier molecular flexibility index (Phi) is 5.66. The molecule has 1 heterocycles. The first-order chi connectivity index (χ1) is 12.2. The van der Waals surface area contributed by atoms with Crippen molar-refractivity contribution < 1.29 is 9.53 Å². The molecule has 5 nitrogen and oxygen atoms in total. The molecule has 0 atom stereocenters. The second-order valence-electron chi connectivity index (χ2n) is 6.02. The molecule has 1 aliphatic heterocycles. The van der Waals surface area contributed by atoms with E-state index in [9.17, 15) is 4.79 Å². The molecular formula is C19H22ClN3O2. The van der Waals surface area contributed by atoms with E-state index in [-0.39, 0.29) is 6.03 Å². The van der Waals surface area contributed by atoms with E-state index in [1.54, 1.807) is 25.3 Å². The highest BCUT2D eigenvalue weighted by atomic mass is 35.5. The van der Waals surface area contributed by atoms with E-state index < -0.39 is 0 Å². The van der Waals surface area contributed by atoms with Gasteiger partial charge in [-0.15, -0.1) is 0 Å². The highest BCUT2D eigenvalue weighted by molar-refractivity contribution is 6.31. The standard InChI is InChI=1S/C19H22ClN3O2/c1-25-18-10-5-14(20)13-17(18)22-19(24)21-15-6-8-16(9-7-15)23-11-3-2-4-12-23/h5-10,13H,2-4,11-12H2,1H3,(H2,21,22,24).